The fraction of sp³-hybridized carbons (Fsp3) is 0.625. The quantitative estimate of drug-likeness (QED) is 0.689. The minimum atomic E-state index is 0.0767. The zero-order valence-corrected chi connectivity index (χ0v) is 7.33. The topological polar surface area (TPSA) is 43.8 Å². The van der Waals surface area contributed by atoms with E-state index in [-0.39, 0.29) is 6.04 Å². The molecule has 2 N–H and O–H groups in total. The largest absolute Gasteiger partial charge is 0.334 e. The Bertz CT molecular complexity index is 237. The van der Waals surface area contributed by atoms with Crippen LogP contribution in [-0.4, -0.2) is 9.55 Å². The van der Waals surface area contributed by atoms with E-state index in [9.17, 15) is 0 Å². The van der Waals surface area contributed by atoms with Crippen molar-refractivity contribution in [2.45, 2.75) is 26.3 Å². The van der Waals surface area contributed by atoms with Gasteiger partial charge in [-0.2, -0.15) is 0 Å². The number of rotatable bonds is 2. The minimum Gasteiger partial charge on any atom is -0.334 e. The molecule has 0 saturated heterocycles. The lowest BCUT2D eigenvalue weighted by Gasteiger charge is -2.06. The van der Waals surface area contributed by atoms with Crippen LogP contribution in [0, 0.1) is 0 Å². The number of aromatic nitrogens is 2. The fourth-order valence-electron chi connectivity index (χ4n) is 1.21. The molecule has 62 valence electrons. The summed E-state index contributed by atoms with van der Waals surface area (Å²) in [5.41, 5.74) is 6.82. The molecule has 1 heterocycles. The predicted octanol–water partition coefficient (Wildman–Crippen LogP) is 1.00. The number of nitrogens with zero attached hydrogens (tertiary/aromatic N) is 2. The minimum absolute atomic E-state index is 0.0767. The van der Waals surface area contributed by atoms with E-state index in [1.54, 1.807) is 0 Å². The molecule has 1 rings (SSSR count). The number of hydrogen-bond acceptors (Lipinski definition) is 2. The summed E-state index contributed by atoms with van der Waals surface area (Å²) < 4.78 is 2.06. The highest BCUT2D eigenvalue weighted by Gasteiger charge is 2.07. The average molecular weight is 153 g/mol. The second-order valence-corrected chi connectivity index (χ2v) is 2.80. The van der Waals surface area contributed by atoms with Gasteiger partial charge in [-0.05, 0) is 6.92 Å². The van der Waals surface area contributed by atoms with Gasteiger partial charge < -0.3 is 10.3 Å². The van der Waals surface area contributed by atoms with E-state index in [0.29, 0.717) is 0 Å². The molecule has 0 aromatic carbocycles. The molecule has 0 aliphatic rings. The molecule has 1 aromatic rings. The lowest BCUT2D eigenvalue weighted by Crippen LogP contribution is -2.10. The van der Waals surface area contributed by atoms with E-state index in [2.05, 4.69) is 16.5 Å². The van der Waals surface area contributed by atoms with Gasteiger partial charge >= 0.3 is 0 Å². The first-order chi connectivity index (χ1) is 5.16. The second-order valence-electron chi connectivity index (χ2n) is 2.80. The van der Waals surface area contributed by atoms with Crippen LogP contribution < -0.4 is 5.73 Å². The second kappa shape index (κ2) is 3.05. The average Bonchev–Trinajstić information content (AvgIpc) is 2.30. The van der Waals surface area contributed by atoms with Crippen LogP contribution in [0.4, 0.5) is 0 Å². The van der Waals surface area contributed by atoms with Crippen LogP contribution >= 0.6 is 0 Å². The molecule has 0 fully saturated rings. The van der Waals surface area contributed by atoms with Crippen LogP contribution in [0.25, 0.3) is 0 Å². The van der Waals surface area contributed by atoms with Crippen molar-refractivity contribution in [3.05, 3.63) is 17.7 Å². The zero-order valence-electron chi connectivity index (χ0n) is 7.33. The fourth-order valence-corrected chi connectivity index (χ4v) is 1.21. The first-order valence-corrected chi connectivity index (χ1v) is 3.92. The molecular weight excluding hydrogens is 138 g/mol. The standard InChI is InChI=1S/C8H15N3/c1-4-8-10-5-7(6(2)9)11(8)3/h5-6H,4,9H2,1-3H3. The molecule has 3 nitrogen and oxygen atoms in total. The first-order valence-electron chi connectivity index (χ1n) is 3.92. The molecule has 0 aliphatic heterocycles. The van der Waals surface area contributed by atoms with Crippen molar-refractivity contribution < 1.29 is 0 Å². The Morgan fingerprint density at radius 3 is 2.64 bits per heavy atom. The Labute approximate surface area is 67.2 Å². The highest BCUT2D eigenvalue weighted by atomic mass is 15.1. The Hall–Kier alpha value is -0.830. The molecule has 0 radical (unpaired) electrons. The third-order valence-corrected chi connectivity index (χ3v) is 1.90. The van der Waals surface area contributed by atoms with E-state index < -0.39 is 0 Å². The van der Waals surface area contributed by atoms with Crippen molar-refractivity contribution in [1.82, 2.24) is 9.55 Å². The van der Waals surface area contributed by atoms with Crippen molar-refractivity contribution in [3.8, 4) is 0 Å². The van der Waals surface area contributed by atoms with Crippen LogP contribution in [0.3, 0.4) is 0 Å². The zero-order chi connectivity index (χ0) is 8.43. The molecule has 0 aliphatic carbocycles. The summed E-state index contributed by atoms with van der Waals surface area (Å²) in [7, 11) is 2.00. The smallest absolute Gasteiger partial charge is 0.108 e. The van der Waals surface area contributed by atoms with Crippen LogP contribution in [-0.2, 0) is 13.5 Å². The van der Waals surface area contributed by atoms with Crippen molar-refractivity contribution in [2.24, 2.45) is 12.8 Å². The highest BCUT2D eigenvalue weighted by Crippen LogP contribution is 2.10. The molecule has 11 heavy (non-hydrogen) atoms. The van der Waals surface area contributed by atoms with E-state index in [1.807, 2.05) is 20.2 Å². The third-order valence-electron chi connectivity index (χ3n) is 1.90. The van der Waals surface area contributed by atoms with E-state index in [4.69, 9.17) is 5.73 Å². The van der Waals surface area contributed by atoms with Gasteiger partial charge in [-0.25, -0.2) is 4.98 Å². The summed E-state index contributed by atoms with van der Waals surface area (Å²) in [5, 5.41) is 0. The Balaban J connectivity index is 3.00. The van der Waals surface area contributed by atoms with Gasteiger partial charge in [0.15, 0.2) is 0 Å². The van der Waals surface area contributed by atoms with Gasteiger partial charge in [-0.1, -0.05) is 6.92 Å². The van der Waals surface area contributed by atoms with Crippen LogP contribution in [0.1, 0.15) is 31.4 Å². The van der Waals surface area contributed by atoms with Gasteiger partial charge in [-0.15, -0.1) is 0 Å². The predicted molar refractivity (Wildman–Crippen MR) is 45.2 cm³/mol. The summed E-state index contributed by atoms with van der Waals surface area (Å²) in [6.07, 6.45) is 2.81. The first kappa shape index (κ1) is 8.27. The highest BCUT2D eigenvalue weighted by molar-refractivity contribution is 5.08. The van der Waals surface area contributed by atoms with E-state index in [0.717, 1.165) is 17.9 Å². The maximum Gasteiger partial charge on any atom is 0.108 e. The van der Waals surface area contributed by atoms with Gasteiger partial charge in [0.25, 0.3) is 0 Å². The number of imidazole rings is 1. The van der Waals surface area contributed by atoms with E-state index >= 15 is 0 Å². The monoisotopic (exact) mass is 153 g/mol. The third kappa shape index (κ3) is 1.43. The molecule has 0 spiro atoms. The summed E-state index contributed by atoms with van der Waals surface area (Å²) in [5.74, 6) is 1.09. The number of hydrogen-bond donors (Lipinski definition) is 1. The maximum atomic E-state index is 5.72. The summed E-state index contributed by atoms with van der Waals surface area (Å²) in [4.78, 5) is 4.24. The van der Waals surface area contributed by atoms with Gasteiger partial charge in [0.05, 0.1) is 11.9 Å². The van der Waals surface area contributed by atoms with Crippen LogP contribution in [0.15, 0.2) is 6.20 Å². The summed E-state index contributed by atoms with van der Waals surface area (Å²) in [6, 6.07) is 0.0767. The summed E-state index contributed by atoms with van der Waals surface area (Å²) >= 11 is 0. The van der Waals surface area contributed by atoms with Crippen molar-refractivity contribution >= 4 is 0 Å². The Kier molecular flexibility index (Phi) is 2.29. The normalized spacial score (nSPS) is 13.5. The molecule has 1 unspecified atom stereocenters. The molecule has 0 saturated carbocycles. The van der Waals surface area contributed by atoms with Gasteiger partial charge in [0.1, 0.15) is 5.82 Å². The SMILES string of the molecule is CCc1ncc(C(C)N)n1C. The lowest BCUT2D eigenvalue weighted by atomic mass is 10.3. The molecule has 0 amide bonds. The maximum absolute atomic E-state index is 5.72. The molecular formula is C8H15N3. The number of nitrogens with two attached hydrogens (primary N) is 1. The number of aryl methyl sites for hydroxylation is 1. The van der Waals surface area contributed by atoms with Gasteiger partial charge in [0.2, 0.25) is 0 Å². The van der Waals surface area contributed by atoms with Crippen molar-refractivity contribution in [2.75, 3.05) is 0 Å². The molecule has 0 bridgehead atoms. The van der Waals surface area contributed by atoms with Gasteiger partial charge in [-0.3, -0.25) is 0 Å². The molecule has 1 aromatic heterocycles. The Morgan fingerprint density at radius 1 is 1.73 bits per heavy atom. The van der Waals surface area contributed by atoms with Crippen molar-refractivity contribution in [1.29, 1.82) is 0 Å². The van der Waals surface area contributed by atoms with Gasteiger partial charge in [0, 0.05) is 19.5 Å². The van der Waals surface area contributed by atoms with E-state index in [1.165, 1.54) is 0 Å². The lowest BCUT2D eigenvalue weighted by molar-refractivity contribution is 0.689. The van der Waals surface area contributed by atoms with Crippen LogP contribution in [0.5, 0.6) is 0 Å². The molecule has 3 heteroatoms. The molecule has 1 atom stereocenters. The van der Waals surface area contributed by atoms with Crippen molar-refractivity contribution in [3.63, 3.8) is 0 Å². The summed E-state index contributed by atoms with van der Waals surface area (Å²) in [6.45, 7) is 4.06. The van der Waals surface area contributed by atoms with Crippen LogP contribution in [0.2, 0.25) is 0 Å². The Morgan fingerprint density at radius 2 is 2.36 bits per heavy atom.